The lowest BCUT2D eigenvalue weighted by molar-refractivity contribution is 0.358. The molecule has 0 saturated heterocycles. The van der Waals surface area contributed by atoms with Crippen molar-refractivity contribution in [1.29, 1.82) is 0 Å². The molecule has 0 aliphatic rings. The molecule has 0 atom stereocenters. The molecular weight excluding hydrogens is 424 g/mol. The number of hydrogen-bond acceptors (Lipinski definition) is 3. The molecule has 4 nitrogen and oxygen atoms in total. The molecule has 2 aromatic heterocycles. The Bertz CT molecular complexity index is 1120. The highest BCUT2D eigenvalue weighted by Gasteiger charge is 2.25. The number of rotatable bonds is 4. The van der Waals surface area contributed by atoms with Crippen LogP contribution in [0.3, 0.4) is 0 Å². The first-order valence-electron chi connectivity index (χ1n) is 9.18. The largest absolute Gasteiger partial charge is 0.332 e. The summed E-state index contributed by atoms with van der Waals surface area (Å²) >= 11 is 5.01. The second kappa shape index (κ2) is 7.40. The van der Waals surface area contributed by atoms with E-state index >= 15 is 0 Å². The van der Waals surface area contributed by atoms with Gasteiger partial charge in [0.15, 0.2) is 0 Å². The van der Waals surface area contributed by atoms with Crippen LogP contribution in [0.25, 0.3) is 10.2 Å². The van der Waals surface area contributed by atoms with Gasteiger partial charge in [-0.15, -0.1) is 11.3 Å². The van der Waals surface area contributed by atoms with E-state index in [9.17, 15) is 9.59 Å². The van der Waals surface area contributed by atoms with Crippen LogP contribution in [0.2, 0.25) is 0 Å². The molecule has 27 heavy (non-hydrogen) atoms. The Hall–Kier alpha value is -1.66. The lowest BCUT2D eigenvalue weighted by Gasteiger charge is -2.23. The van der Waals surface area contributed by atoms with Crippen LogP contribution < -0.4 is 11.2 Å². The van der Waals surface area contributed by atoms with Gasteiger partial charge in [-0.2, -0.15) is 0 Å². The quantitative estimate of drug-likeness (QED) is 0.571. The SMILES string of the molecule is CCc1ccccc1CCn1c(=O)n(C(C)(C)C)c(=O)c2c(C)c(Br)sc21. The topological polar surface area (TPSA) is 44.0 Å². The summed E-state index contributed by atoms with van der Waals surface area (Å²) in [5.41, 5.74) is 2.44. The summed E-state index contributed by atoms with van der Waals surface area (Å²) in [5, 5.41) is 0.644. The summed E-state index contributed by atoms with van der Waals surface area (Å²) in [6.07, 6.45) is 1.72. The monoisotopic (exact) mass is 448 g/mol. The van der Waals surface area contributed by atoms with Crippen molar-refractivity contribution in [1.82, 2.24) is 9.13 Å². The maximum Gasteiger partial charge on any atom is 0.332 e. The summed E-state index contributed by atoms with van der Waals surface area (Å²) in [6, 6.07) is 8.34. The van der Waals surface area contributed by atoms with E-state index in [2.05, 4.69) is 35.0 Å². The molecule has 144 valence electrons. The van der Waals surface area contributed by atoms with Crippen LogP contribution in [0.1, 0.15) is 44.4 Å². The number of nitrogens with zero attached hydrogens (tertiary/aromatic N) is 2. The summed E-state index contributed by atoms with van der Waals surface area (Å²) in [7, 11) is 0. The fourth-order valence-corrected chi connectivity index (χ4v) is 5.19. The number of benzene rings is 1. The van der Waals surface area contributed by atoms with Gasteiger partial charge in [0.05, 0.1) is 9.17 Å². The summed E-state index contributed by atoms with van der Waals surface area (Å²) in [5.74, 6) is 0. The molecule has 0 unspecified atom stereocenters. The first-order chi connectivity index (χ1) is 12.7. The molecular formula is C21H25BrN2O2S. The van der Waals surface area contributed by atoms with Crippen molar-refractivity contribution in [3.8, 4) is 0 Å². The number of hydrogen-bond donors (Lipinski definition) is 0. The minimum Gasteiger partial charge on any atom is -0.284 e. The van der Waals surface area contributed by atoms with Crippen molar-refractivity contribution in [2.75, 3.05) is 0 Å². The Labute approximate surface area is 171 Å². The molecule has 0 fully saturated rings. The highest BCUT2D eigenvalue weighted by atomic mass is 79.9. The first-order valence-corrected chi connectivity index (χ1v) is 10.8. The zero-order chi connectivity index (χ0) is 19.9. The first kappa shape index (κ1) is 20.1. The van der Waals surface area contributed by atoms with Gasteiger partial charge in [-0.1, -0.05) is 31.2 Å². The minimum absolute atomic E-state index is 0.202. The lowest BCUT2D eigenvalue weighted by Crippen LogP contribution is -2.47. The number of halogens is 1. The number of aromatic nitrogens is 2. The fraction of sp³-hybridized carbons (Fsp3) is 0.429. The zero-order valence-corrected chi connectivity index (χ0v) is 18.8. The molecule has 3 aromatic rings. The van der Waals surface area contributed by atoms with Crippen LogP contribution in [0.15, 0.2) is 37.6 Å². The van der Waals surface area contributed by atoms with E-state index < -0.39 is 5.54 Å². The molecule has 0 radical (unpaired) electrons. The molecule has 3 rings (SSSR count). The van der Waals surface area contributed by atoms with Gasteiger partial charge in [0.1, 0.15) is 4.83 Å². The average Bonchev–Trinajstić information content (AvgIpc) is 2.89. The van der Waals surface area contributed by atoms with Crippen molar-refractivity contribution in [2.24, 2.45) is 0 Å². The van der Waals surface area contributed by atoms with E-state index in [1.165, 1.54) is 27.0 Å². The highest BCUT2D eigenvalue weighted by molar-refractivity contribution is 9.11. The van der Waals surface area contributed by atoms with Crippen molar-refractivity contribution < 1.29 is 0 Å². The van der Waals surface area contributed by atoms with Crippen LogP contribution in [-0.4, -0.2) is 9.13 Å². The normalized spacial score (nSPS) is 12.1. The van der Waals surface area contributed by atoms with Crippen LogP contribution in [0.4, 0.5) is 0 Å². The molecule has 0 aliphatic heterocycles. The van der Waals surface area contributed by atoms with Gasteiger partial charge >= 0.3 is 5.69 Å². The molecule has 0 saturated carbocycles. The van der Waals surface area contributed by atoms with Gasteiger partial charge in [-0.3, -0.25) is 13.9 Å². The molecule has 6 heteroatoms. The van der Waals surface area contributed by atoms with Gasteiger partial charge in [-0.25, -0.2) is 4.79 Å². The molecule has 0 N–H and O–H groups in total. The van der Waals surface area contributed by atoms with Crippen LogP contribution in [0, 0.1) is 6.92 Å². The smallest absolute Gasteiger partial charge is 0.284 e. The Morgan fingerprint density at radius 3 is 2.33 bits per heavy atom. The molecule has 0 spiro atoms. The zero-order valence-electron chi connectivity index (χ0n) is 16.4. The van der Waals surface area contributed by atoms with Crippen molar-refractivity contribution >= 4 is 37.5 Å². The van der Waals surface area contributed by atoms with E-state index in [1.807, 2.05) is 39.8 Å². The van der Waals surface area contributed by atoms with Crippen molar-refractivity contribution in [3.05, 3.63) is 65.6 Å². The molecule has 0 aliphatic carbocycles. The Kier molecular flexibility index (Phi) is 5.50. The summed E-state index contributed by atoms with van der Waals surface area (Å²) in [6.45, 7) is 10.3. The van der Waals surface area contributed by atoms with Crippen molar-refractivity contribution in [2.45, 2.75) is 59.5 Å². The van der Waals surface area contributed by atoms with E-state index in [0.717, 1.165) is 27.0 Å². The number of fused-ring (bicyclic) bond motifs is 1. The van der Waals surface area contributed by atoms with Gasteiger partial charge in [0.2, 0.25) is 0 Å². The van der Waals surface area contributed by atoms with Gasteiger partial charge < -0.3 is 0 Å². The standard InChI is InChI=1S/C21H25BrN2O2S/c1-6-14-9-7-8-10-15(14)11-12-23-19-16(13(2)17(22)27-19)18(25)24(20(23)26)21(3,4)5/h7-10H,6,11-12H2,1-5H3. The Morgan fingerprint density at radius 2 is 1.74 bits per heavy atom. The maximum absolute atomic E-state index is 13.3. The van der Waals surface area contributed by atoms with Gasteiger partial charge in [-0.05, 0) is 73.2 Å². The molecule has 0 amide bonds. The Morgan fingerprint density at radius 1 is 1.11 bits per heavy atom. The number of thiophene rings is 1. The third-order valence-electron chi connectivity index (χ3n) is 4.93. The van der Waals surface area contributed by atoms with E-state index in [4.69, 9.17) is 0 Å². The average molecular weight is 449 g/mol. The Balaban J connectivity index is 2.22. The third kappa shape index (κ3) is 3.57. The van der Waals surface area contributed by atoms with Crippen LogP contribution in [-0.2, 0) is 24.9 Å². The lowest BCUT2D eigenvalue weighted by atomic mass is 10.0. The second-order valence-corrected chi connectivity index (χ2v) is 10.1. The van der Waals surface area contributed by atoms with Gasteiger partial charge in [0, 0.05) is 12.1 Å². The molecule has 0 bridgehead atoms. The van der Waals surface area contributed by atoms with Crippen LogP contribution >= 0.6 is 27.3 Å². The maximum atomic E-state index is 13.3. The van der Waals surface area contributed by atoms with E-state index in [0.29, 0.717) is 11.9 Å². The minimum atomic E-state index is -0.577. The van der Waals surface area contributed by atoms with E-state index in [-0.39, 0.29) is 11.2 Å². The fourth-order valence-electron chi connectivity index (χ4n) is 3.49. The summed E-state index contributed by atoms with van der Waals surface area (Å²) in [4.78, 5) is 27.1. The third-order valence-corrected chi connectivity index (χ3v) is 7.11. The number of aryl methyl sites for hydroxylation is 4. The van der Waals surface area contributed by atoms with Gasteiger partial charge in [0.25, 0.3) is 5.56 Å². The second-order valence-electron chi connectivity index (χ2n) is 7.80. The molecule has 1 aromatic carbocycles. The predicted octanol–water partition coefficient (Wildman–Crippen LogP) is 4.86. The highest BCUT2D eigenvalue weighted by Crippen LogP contribution is 2.32. The van der Waals surface area contributed by atoms with Crippen LogP contribution in [0.5, 0.6) is 0 Å². The molecule has 2 heterocycles. The summed E-state index contributed by atoms with van der Waals surface area (Å²) < 4.78 is 4.08. The van der Waals surface area contributed by atoms with Crippen molar-refractivity contribution in [3.63, 3.8) is 0 Å². The van der Waals surface area contributed by atoms with E-state index in [1.54, 1.807) is 4.57 Å². The predicted molar refractivity (Wildman–Crippen MR) is 117 cm³/mol.